The van der Waals surface area contributed by atoms with Crippen molar-refractivity contribution < 1.29 is 47.9 Å². The summed E-state index contributed by atoms with van der Waals surface area (Å²) in [5.41, 5.74) is 0.182. The molecule has 0 heterocycles. The van der Waals surface area contributed by atoms with Gasteiger partial charge in [-0.25, -0.2) is 38.8 Å². The van der Waals surface area contributed by atoms with E-state index in [1.54, 1.807) is 6.08 Å². The highest BCUT2D eigenvalue weighted by molar-refractivity contribution is 5.87. The number of hydrogen-bond donors (Lipinski definition) is 2. The number of isocyanates is 2. The normalized spacial score (nSPS) is 11.2. The van der Waals surface area contributed by atoms with E-state index >= 15 is 0 Å². The SMILES string of the molecule is C=CC(=O)OCC(COC(=O)C(=C)C)OC(=O)NCCCCCCN(OC=NCCCCCCN=C=O)OCNCCCCCCN=C=O. The Morgan fingerprint density at radius 3 is 2.04 bits per heavy atom. The average molecular weight is 695 g/mol. The van der Waals surface area contributed by atoms with Gasteiger partial charge < -0.3 is 24.4 Å². The van der Waals surface area contributed by atoms with Gasteiger partial charge in [-0.3, -0.25) is 10.3 Å². The molecule has 0 spiro atoms. The summed E-state index contributed by atoms with van der Waals surface area (Å²) in [4.78, 5) is 78.2. The molecule has 1 amide bonds. The van der Waals surface area contributed by atoms with E-state index in [1.807, 2.05) is 0 Å². The maximum atomic E-state index is 12.3. The van der Waals surface area contributed by atoms with Crippen molar-refractivity contribution in [2.75, 3.05) is 59.2 Å². The van der Waals surface area contributed by atoms with E-state index in [-0.39, 0.29) is 25.5 Å². The topological polar surface area (TPSA) is 196 Å². The molecule has 0 radical (unpaired) electrons. The number of nitrogens with one attached hydrogen (secondary N) is 2. The molecule has 0 fully saturated rings. The molecule has 0 aliphatic rings. The fourth-order valence-corrected chi connectivity index (χ4v) is 3.85. The second-order valence-corrected chi connectivity index (χ2v) is 10.8. The number of hydroxylamine groups is 2. The molecule has 0 aliphatic heterocycles. The number of alkyl carbamates (subject to hydrolysis) is 1. The first kappa shape index (κ1) is 44.8. The fraction of sp³-hybridized carbons (Fsp3) is 0.697. The Hall–Kier alpha value is -4.20. The van der Waals surface area contributed by atoms with Crippen LogP contribution in [0.5, 0.6) is 0 Å². The van der Waals surface area contributed by atoms with E-state index in [2.05, 4.69) is 38.8 Å². The Morgan fingerprint density at radius 1 is 0.816 bits per heavy atom. The number of hydrogen-bond acceptors (Lipinski definition) is 15. The minimum atomic E-state index is -1.000. The molecule has 1 unspecified atom stereocenters. The molecule has 0 aromatic heterocycles. The number of nitrogens with zero attached hydrogens (tertiary/aromatic N) is 4. The summed E-state index contributed by atoms with van der Waals surface area (Å²) in [6, 6.07) is 0. The summed E-state index contributed by atoms with van der Waals surface area (Å²) in [7, 11) is 0. The molecule has 16 heteroatoms. The van der Waals surface area contributed by atoms with Crippen LogP contribution in [0.15, 0.2) is 39.8 Å². The molecular formula is C33H54N6O10. The summed E-state index contributed by atoms with van der Waals surface area (Å²) in [5, 5.41) is 7.25. The van der Waals surface area contributed by atoms with Gasteiger partial charge in [-0.1, -0.05) is 51.7 Å². The first-order valence-corrected chi connectivity index (χ1v) is 16.7. The second-order valence-electron chi connectivity index (χ2n) is 10.8. The van der Waals surface area contributed by atoms with Gasteiger partial charge >= 0.3 is 18.0 Å². The fourth-order valence-electron chi connectivity index (χ4n) is 3.85. The number of carbonyl (C=O) groups excluding carboxylic acids is 5. The summed E-state index contributed by atoms with van der Waals surface area (Å²) >= 11 is 0. The molecule has 0 bridgehead atoms. The lowest BCUT2D eigenvalue weighted by Crippen LogP contribution is -2.35. The third-order valence-electron chi connectivity index (χ3n) is 6.50. The number of rotatable bonds is 33. The van der Waals surface area contributed by atoms with E-state index in [4.69, 9.17) is 23.9 Å². The van der Waals surface area contributed by atoms with Crippen molar-refractivity contribution in [2.24, 2.45) is 15.0 Å². The van der Waals surface area contributed by atoms with Gasteiger partial charge in [0.1, 0.15) is 19.9 Å². The highest BCUT2D eigenvalue weighted by Gasteiger charge is 2.19. The Labute approximate surface area is 289 Å². The zero-order valence-corrected chi connectivity index (χ0v) is 28.9. The Morgan fingerprint density at radius 2 is 1.41 bits per heavy atom. The summed E-state index contributed by atoms with van der Waals surface area (Å²) in [6.45, 7) is 11.2. The third-order valence-corrected chi connectivity index (χ3v) is 6.50. The molecule has 0 aromatic carbocycles. The van der Waals surface area contributed by atoms with Crippen molar-refractivity contribution in [3.05, 3.63) is 24.8 Å². The summed E-state index contributed by atoms with van der Waals surface area (Å²) in [6.07, 6.45) is 14.3. The van der Waals surface area contributed by atoms with E-state index in [1.165, 1.54) is 24.6 Å². The van der Waals surface area contributed by atoms with Crippen molar-refractivity contribution in [3.63, 3.8) is 0 Å². The molecule has 49 heavy (non-hydrogen) atoms. The molecule has 0 aliphatic carbocycles. The summed E-state index contributed by atoms with van der Waals surface area (Å²) < 4.78 is 15.2. The van der Waals surface area contributed by atoms with Gasteiger partial charge in [-0.05, 0) is 57.2 Å². The van der Waals surface area contributed by atoms with Crippen LogP contribution in [0.2, 0.25) is 0 Å². The van der Waals surface area contributed by atoms with E-state index in [0.717, 1.165) is 83.2 Å². The highest BCUT2D eigenvalue weighted by atomic mass is 16.9. The van der Waals surface area contributed by atoms with Crippen molar-refractivity contribution in [1.82, 2.24) is 15.9 Å². The number of ether oxygens (including phenoxy) is 3. The molecule has 0 aromatic rings. The lowest BCUT2D eigenvalue weighted by atomic mass is 10.2. The number of esters is 2. The van der Waals surface area contributed by atoms with Crippen LogP contribution < -0.4 is 10.6 Å². The molecular weight excluding hydrogens is 640 g/mol. The molecule has 16 nitrogen and oxygen atoms in total. The third kappa shape index (κ3) is 30.9. The van der Waals surface area contributed by atoms with Gasteiger partial charge in [0, 0.05) is 24.7 Å². The van der Waals surface area contributed by atoms with Crippen LogP contribution in [0.3, 0.4) is 0 Å². The monoisotopic (exact) mass is 694 g/mol. The molecule has 2 N–H and O–H groups in total. The molecule has 1 atom stereocenters. The van der Waals surface area contributed by atoms with Gasteiger partial charge in [0.15, 0.2) is 12.5 Å². The molecule has 0 saturated heterocycles. The van der Waals surface area contributed by atoms with Crippen molar-refractivity contribution >= 4 is 36.6 Å². The Balaban J connectivity index is 4.46. The van der Waals surface area contributed by atoms with Crippen LogP contribution in [0.1, 0.15) is 84.0 Å². The molecule has 276 valence electrons. The highest BCUT2D eigenvalue weighted by Crippen LogP contribution is 2.05. The predicted molar refractivity (Wildman–Crippen MR) is 182 cm³/mol. The van der Waals surface area contributed by atoms with E-state index in [9.17, 15) is 24.0 Å². The van der Waals surface area contributed by atoms with Crippen LogP contribution in [0.25, 0.3) is 0 Å². The predicted octanol–water partition coefficient (Wildman–Crippen LogP) is 4.02. The van der Waals surface area contributed by atoms with Crippen molar-refractivity contribution in [1.29, 1.82) is 0 Å². The minimum absolute atomic E-state index is 0.182. The first-order chi connectivity index (χ1) is 23.8. The largest absolute Gasteiger partial charge is 0.458 e. The zero-order chi connectivity index (χ0) is 36.2. The van der Waals surface area contributed by atoms with Crippen LogP contribution >= 0.6 is 0 Å². The van der Waals surface area contributed by atoms with Gasteiger partial charge in [-0.15, -0.1) is 0 Å². The number of unbranched alkanes of at least 4 members (excludes halogenated alkanes) is 9. The minimum Gasteiger partial charge on any atom is -0.458 e. The number of amides is 1. The first-order valence-electron chi connectivity index (χ1n) is 16.7. The van der Waals surface area contributed by atoms with Crippen molar-refractivity contribution in [3.8, 4) is 0 Å². The van der Waals surface area contributed by atoms with Crippen molar-refractivity contribution in [2.45, 2.75) is 90.1 Å². The zero-order valence-electron chi connectivity index (χ0n) is 28.9. The van der Waals surface area contributed by atoms with Crippen LogP contribution in [0.4, 0.5) is 4.79 Å². The van der Waals surface area contributed by atoms with E-state index in [0.29, 0.717) is 39.1 Å². The Kier molecular flexibility index (Phi) is 30.8. The lowest BCUT2D eigenvalue weighted by Gasteiger charge is -2.19. The standard InChI is InChI=1S/C33H54N6O10/c1-4-31(42)45-23-30(24-46-32(43)29(2)3)49-33(44)38-21-15-9-10-16-22-39(47-27-36-19-13-7-5-11-17-34-25-40)48-28-37-20-14-8-6-12-18-35-26-41/h4,27,30,37H,1-2,5-24,28H2,3H3,(H,38,44). The average Bonchev–Trinajstić information content (AvgIpc) is 3.09. The van der Waals surface area contributed by atoms with Crippen LogP contribution in [-0.2, 0) is 43.1 Å². The second kappa shape index (κ2) is 33.7. The smallest absolute Gasteiger partial charge is 0.407 e. The van der Waals surface area contributed by atoms with Crippen LogP contribution in [-0.4, -0.2) is 107 Å². The Bertz CT molecular complexity index is 1060. The lowest BCUT2D eigenvalue weighted by molar-refractivity contribution is -0.327. The maximum Gasteiger partial charge on any atom is 0.407 e. The van der Waals surface area contributed by atoms with Gasteiger partial charge in [0.25, 0.3) is 0 Å². The molecule has 0 rings (SSSR count). The summed E-state index contributed by atoms with van der Waals surface area (Å²) in [5.74, 6) is -1.35. The quantitative estimate of drug-likeness (QED) is 0.0115. The van der Waals surface area contributed by atoms with Gasteiger partial charge in [-0.2, -0.15) is 0 Å². The van der Waals surface area contributed by atoms with Gasteiger partial charge in [0.2, 0.25) is 12.2 Å². The van der Waals surface area contributed by atoms with Crippen LogP contribution in [0, 0.1) is 0 Å². The van der Waals surface area contributed by atoms with Gasteiger partial charge in [0.05, 0.1) is 19.6 Å². The molecule has 0 saturated carbocycles. The number of aliphatic imine (C=N–C) groups is 3. The number of carbonyl (C=O) groups is 3. The maximum absolute atomic E-state index is 12.3. The van der Waals surface area contributed by atoms with E-state index < -0.39 is 24.1 Å².